The van der Waals surface area contributed by atoms with Gasteiger partial charge in [0.25, 0.3) is 0 Å². The monoisotopic (exact) mass is 282 g/mol. The molecular weight excluding hydrogens is 268 g/mol. The van der Waals surface area contributed by atoms with Gasteiger partial charge in [0.15, 0.2) is 5.76 Å². The van der Waals surface area contributed by atoms with Crippen LogP contribution in [0.2, 0.25) is 0 Å². The second-order valence-electron chi connectivity index (χ2n) is 4.05. The Morgan fingerprint density at radius 3 is 2.53 bits per heavy atom. The standard InChI is InChI=1S/C12H14N2O4S/c1-9(15)10-2-4-12(5-3-10)19(16,17)14-8-11-6-7-13-18-11/h2-7,9,14-15H,8H2,1H3. The van der Waals surface area contributed by atoms with Gasteiger partial charge in [-0.3, -0.25) is 0 Å². The molecule has 19 heavy (non-hydrogen) atoms. The van der Waals surface area contributed by atoms with Gasteiger partial charge in [0.05, 0.1) is 23.7 Å². The Bertz CT molecular complexity index is 618. The van der Waals surface area contributed by atoms with E-state index in [0.717, 1.165) is 0 Å². The number of benzene rings is 1. The Morgan fingerprint density at radius 1 is 1.32 bits per heavy atom. The Labute approximate surface area is 111 Å². The van der Waals surface area contributed by atoms with Crippen molar-refractivity contribution in [3.63, 3.8) is 0 Å². The Morgan fingerprint density at radius 2 is 2.00 bits per heavy atom. The van der Waals surface area contributed by atoms with Gasteiger partial charge < -0.3 is 9.63 Å². The molecule has 0 amide bonds. The first-order valence-corrected chi connectivity index (χ1v) is 7.14. The van der Waals surface area contributed by atoms with Gasteiger partial charge in [-0.2, -0.15) is 0 Å². The first kappa shape index (κ1) is 13.7. The molecule has 0 spiro atoms. The zero-order chi connectivity index (χ0) is 13.9. The normalized spacial score (nSPS) is 13.4. The summed E-state index contributed by atoms with van der Waals surface area (Å²) >= 11 is 0. The molecule has 2 N–H and O–H groups in total. The molecule has 1 heterocycles. The molecule has 1 aromatic carbocycles. The number of hydrogen-bond donors (Lipinski definition) is 2. The highest BCUT2D eigenvalue weighted by Gasteiger charge is 2.14. The van der Waals surface area contributed by atoms with Crippen molar-refractivity contribution in [2.45, 2.75) is 24.5 Å². The lowest BCUT2D eigenvalue weighted by Gasteiger charge is -2.07. The largest absolute Gasteiger partial charge is 0.389 e. The van der Waals surface area contributed by atoms with E-state index in [0.29, 0.717) is 11.3 Å². The third kappa shape index (κ3) is 3.40. The summed E-state index contributed by atoms with van der Waals surface area (Å²) in [7, 11) is -3.60. The molecule has 2 rings (SSSR count). The lowest BCUT2D eigenvalue weighted by atomic mass is 10.1. The maximum Gasteiger partial charge on any atom is 0.240 e. The van der Waals surface area contributed by atoms with E-state index in [-0.39, 0.29) is 11.4 Å². The molecule has 6 nitrogen and oxygen atoms in total. The van der Waals surface area contributed by atoms with E-state index in [4.69, 9.17) is 4.52 Å². The number of sulfonamides is 1. The van der Waals surface area contributed by atoms with Gasteiger partial charge in [-0.1, -0.05) is 17.3 Å². The minimum atomic E-state index is -3.60. The number of aromatic nitrogens is 1. The topological polar surface area (TPSA) is 92.4 Å². The summed E-state index contributed by atoms with van der Waals surface area (Å²) in [5.41, 5.74) is 0.661. The Kier molecular flexibility index (Phi) is 3.98. The third-order valence-corrected chi connectivity index (χ3v) is 4.02. The van der Waals surface area contributed by atoms with Gasteiger partial charge >= 0.3 is 0 Å². The predicted molar refractivity (Wildman–Crippen MR) is 67.6 cm³/mol. The molecule has 0 bridgehead atoms. The number of hydrogen-bond acceptors (Lipinski definition) is 5. The van der Waals surface area contributed by atoms with Crippen molar-refractivity contribution < 1.29 is 18.0 Å². The average molecular weight is 282 g/mol. The van der Waals surface area contributed by atoms with Crippen molar-refractivity contribution in [3.05, 3.63) is 47.9 Å². The number of aliphatic hydroxyl groups excluding tert-OH is 1. The van der Waals surface area contributed by atoms with E-state index in [1.807, 2.05) is 0 Å². The fourth-order valence-corrected chi connectivity index (χ4v) is 2.50. The average Bonchev–Trinajstić information content (AvgIpc) is 2.90. The van der Waals surface area contributed by atoms with E-state index >= 15 is 0 Å². The molecular formula is C12H14N2O4S. The SMILES string of the molecule is CC(O)c1ccc(S(=O)(=O)NCc2ccno2)cc1. The highest BCUT2D eigenvalue weighted by atomic mass is 32.2. The number of nitrogens with one attached hydrogen (secondary N) is 1. The van der Waals surface area contributed by atoms with Crippen LogP contribution in [-0.4, -0.2) is 18.7 Å². The number of aliphatic hydroxyl groups is 1. The smallest absolute Gasteiger partial charge is 0.240 e. The van der Waals surface area contributed by atoms with Crippen LogP contribution in [-0.2, 0) is 16.6 Å². The molecule has 0 saturated carbocycles. The molecule has 102 valence electrons. The number of nitrogens with zero attached hydrogens (tertiary/aromatic N) is 1. The molecule has 7 heteroatoms. The van der Waals surface area contributed by atoms with Crippen molar-refractivity contribution >= 4 is 10.0 Å². The molecule has 0 aliphatic heterocycles. The van der Waals surface area contributed by atoms with Crippen molar-refractivity contribution in [2.75, 3.05) is 0 Å². The van der Waals surface area contributed by atoms with Crippen LogP contribution in [0.15, 0.2) is 45.9 Å². The van der Waals surface area contributed by atoms with Crippen molar-refractivity contribution in [3.8, 4) is 0 Å². The van der Waals surface area contributed by atoms with Gasteiger partial charge in [0, 0.05) is 6.07 Å². The molecule has 0 saturated heterocycles. The summed E-state index contributed by atoms with van der Waals surface area (Å²) in [5.74, 6) is 0.434. The summed E-state index contributed by atoms with van der Waals surface area (Å²) in [4.78, 5) is 0.136. The third-order valence-electron chi connectivity index (χ3n) is 2.60. The molecule has 1 aromatic heterocycles. The van der Waals surface area contributed by atoms with Crippen LogP contribution in [0.5, 0.6) is 0 Å². The van der Waals surface area contributed by atoms with Crippen molar-refractivity contribution in [1.82, 2.24) is 9.88 Å². The molecule has 1 atom stereocenters. The summed E-state index contributed by atoms with van der Waals surface area (Å²) in [5, 5.41) is 12.9. The fourth-order valence-electron chi connectivity index (χ4n) is 1.51. The van der Waals surface area contributed by atoms with Crippen LogP contribution >= 0.6 is 0 Å². The second-order valence-corrected chi connectivity index (χ2v) is 5.82. The van der Waals surface area contributed by atoms with Gasteiger partial charge in [-0.15, -0.1) is 0 Å². The molecule has 2 aromatic rings. The van der Waals surface area contributed by atoms with E-state index < -0.39 is 16.1 Å². The quantitative estimate of drug-likeness (QED) is 0.859. The van der Waals surface area contributed by atoms with Crippen LogP contribution in [0.3, 0.4) is 0 Å². The summed E-state index contributed by atoms with van der Waals surface area (Å²) in [6, 6.07) is 7.63. The van der Waals surface area contributed by atoms with Gasteiger partial charge in [-0.05, 0) is 24.6 Å². The first-order valence-electron chi connectivity index (χ1n) is 5.66. The van der Waals surface area contributed by atoms with Crippen LogP contribution in [0.4, 0.5) is 0 Å². The van der Waals surface area contributed by atoms with Crippen LogP contribution < -0.4 is 4.72 Å². The zero-order valence-electron chi connectivity index (χ0n) is 10.3. The van der Waals surface area contributed by atoms with Crippen molar-refractivity contribution in [2.24, 2.45) is 0 Å². The first-order chi connectivity index (χ1) is 8.99. The number of rotatable bonds is 5. The second kappa shape index (κ2) is 5.52. The van der Waals surface area contributed by atoms with E-state index in [2.05, 4.69) is 9.88 Å². The highest BCUT2D eigenvalue weighted by molar-refractivity contribution is 7.89. The van der Waals surface area contributed by atoms with Gasteiger partial charge in [0.2, 0.25) is 10.0 Å². The lowest BCUT2D eigenvalue weighted by Crippen LogP contribution is -2.23. The van der Waals surface area contributed by atoms with E-state index in [1.54, 1.807) is 25.1 Å². The molecule has 0 fully saturated rings. The van der Waals surface area contributed by atoms with Gasteiger partial charge in [0.1, 0.15) is 0 Å². The van der Waals surface area contributed by atoms with E-state index in [9.17, 15) is 13.5 Å². The lowest BCUT2D eigenvalue weighted by molar-refractivity contribution is 0.199. The zero-order valence-corrected chi connectivity index (χ0v) is 11.1. The van der Waals surface area contributed by atoms with E-state index in [1.165, 1.54) is 18.3 Å². The fraction of sp³-hybridized carbons (Fsp3) is 0.250. The van der Waals surface area contributed by atoms with Crippen LogP contribution in [0.25, 0.3) is 0 Å². The maximum atomic E-state index is 12.0. The summed E-state index contributed by atoms with van der Waals surface area (Å²) in [6.07, 6.45) is 0.819. The Hall–Kier alpha value is -1.70. The minimum absolute atomic E-state index is 0.0422. The van der Waals surface area contributed by atoms with Crippen LogP contribution in [0.1, 0.15) is 24.4 Å². The predicted octanol–water partition coefficient (Wildman–Crippen LogP) is 1.21. The Balaban J connectivity index is 2.10. The molecule has 0 radical (unpaired) electrons. The molecule has 1 unspecified atom stereocenters. The van der Waals surface area contributed by atoms with Crippen LogP contribution in [0, 0.1) is 0 Å². The minimum Gasteiger partial charge on any atom is -0.389 e. The van der Waals surface area contributed by atoms with Crippen molar-refractivity contribution in [1.29, 1.82) is 0 Å². The summed E-state index contributed by atoms with van der Waals surface area (Å²) in [6.45, 7) is 1.66. The molecule has 0 aliphatic carbocycles. The molecule has 0 aliphatic rings. The maximum absolute atomic E-state index is 12.0. The van der Waals surface area contributed by atoms with Gasteiger partial charge in [-0.25, -0.2) is 13.1 Å². The highest BCUT2D eigenvalue weighted by Crippen LogP contribution is 2.16. The summed E-state index contributed by atoms with van der Waals surface area (Å²) < 4.78 is 31.2.